The highest BCUT2D eigenvalue weighted by Crippen LogP contribution is 2.46. The lowest BCUT2D eigenvalue weighted by Gasteiger charge is -2.13. The molecule has 0 aliphatic heterocycles. The van der Waals surface area contributed by atoms with Gasteiger partial charge in [0, 0.05) is 17.3 Å². The van der Waals surface area contributed by atoms with E-state index in [2.05, 4.69) is 10.3 Å². The van der Waals surface area contributed by atoms with Gasteiger partial charge in [0.1, 0.15) is 0 Å². The number of rotatable bonds is 3. The van der Waals surface area contributed by atoms with Gasteiger partial charge < -0.3 is 11.1 Å². The number of aromatic nitrogens is 1. The lowest BCUT2D eigenvalue weighted by atomic mass is 10.1. The van der Waals surface area contributed by atoms with E-state index in [1.807, 2.05) is 30.3 Å². The van der Waals surface area contributed by atoms with E-state index in [1.165, 1.54) is 0 Å². The molecule has 4 nitrogen and oxygen atoms in total. The van der Waals surface area contributed by atoms with E-state index in [9.17, 15) is 4.79 Å². The number of pyridine rings is 1. The van der Waals surface area contributed by atoms with E-state index in [0.717, 1.165) is 29.4 Å². The Kier molecular flexibility index (Phi) is 2.71. The summed E-state index contributed by atoms with van der Waals surface area (Å²) >= 11 is 4.97. The molecule has 1 aromatic carbocycles. The number of fused-ring (bicyclic) bond motifs is 1. The molecule has 2 aromatic rings. The first-order valence-corrected chi connectivity index (χ1v) is 6.49. The Bertz CT molecular complexity index is 679. The number of carbonyl (C=O) groups excluding carboxylic acids is 1. The van der Waals surface area contributed by atoms with E-state index >= 15 is 0 Å². The van der Waals surface area contributed by atoms with Crippen molar-refractivity contribution in [2.45, 2.75) is 12.8 Å². The summed E-state index contributed by atoms with van der Waals surface area (Å²) in [6, 6.07) is 9.44. The van der Waals surface area contributed by atoms with Crippen molar-refractivity contribution >= 4 is 39.7 Å². The van der Waals surface area contributed by atoms with E-state index in [4.69, 9.17) is 18.0 Å². The molecule has 1 fully saturated rings. The Morgan fingerprint density at radius 3 is 2.84 bits per heavy atom. The van der Waals surface area contributed by atoms with Crippen LogP contribution in [0.5, 0.6) is 0 Å². The summed E-state index contributed by atoms with van der Waals surface area (Å²) in [6.07, 6.45) is 3.22. The zero-order valence-electron chi connectivity index (χ0n) is 10.2. The number of carbonyl (C=O) groups is 1. The molecule has 1 amide bonds. The molecule has 1 aliphatic carbocycles. The third-order valence-corrected chi connectivity index (χ3v) is 3.91. The van der Waals surface area contributed by atoms with Gasteiger partial charge in [0.05, 0.1) is 15.9 Å². The maximum atomic E-state index is 12.2. The molecule has 1 aliphatic rings. The van der Waals surface area contributed by atoms with Crippen LogP contribution in [-0.2, 0) is 4.79 Å². The maximum Gasteiger partial charge on any atom is 0.237 e. The van der Waals surface area contributed by atoms with Crippen molar-refractivity contribution in [3.8, 4) is 0 Å². The summed E-state index contributed by atoms with van der Waals surface area (Å²) in [6.45, 7) is 0. The maximum absolute atomic E-state index is 12.2. The number of anilines is 1. The third kappa shape index (κ3) is 2.06. The molecular formula is C14H13N3OS. The van der Waals surface area contributed by atoms with Crippen LogP contribution in [0, 0.1) is 5.41 Å². The van der Waals surface area contributed by atoms with Gasteiger partial charge in [0.15, 0.2) is 0 Å². The minimum Gasteiger partial charge on any atom is -0.392 e. The summed E-state index contributed by atoms with van der Waals surface area (Å²) < 4.78 is 0. The highest BCUT2D eigenvalue weighted by atomic mass is 32.1. The molecule has 0 spiro atoms. The monoisotopic (exact) mass is 271 g/mol. The fourth-order valence-electron chi connectivity index (χ4n) is 2.11. The van der Waals surface area contributed by atoms with Crippen LogP contribution in [0.4, 0.5) is 5.69 Å². The first-order valence-electron chi connectivity index (χ1n) is 6.08. The minimum absolute atomic E-state index is 0.108. The molecule has 1 heterocycles. The third-order valence-electron chi connectivity index (χ3n) is 3.52. The zero-order chi connectivity index (χ0) is 13.5. The summed E-state index contributed by atoms with van der Waals surface area (Å²) in [5.74, 6) is -0.108. The quantitative estimate of drug-likeness (QED) is 0.840. The van der Waals surface area contributed by atoms with Gasteiger partial charge in [0.2, 0.25) is 5.91 Å². The van der Waals surface area contributed by atoms with Gasteiger partial charge in [-0.2, -0.15) is 0 Å². The van der Waals surface area contributed by atoms with E-state index < -0.39 is 5.41 Å². The lowest BCUT2D eigenvalue weighted by Crippen LogP contribution is -2.34. The van der Waals surface area contributed by atoms with Crippen LogP contribution in [-0.4, -0.2) is 15.9 Å². The topological polar surface area (TPSA) is 68.0 Å². The summed E-state index contributed by atoms with van der Waals surface area (Å²) in [5.41, 5.74) is 6.66. The van der Waals surface area contributed by atoms with Crippen LogP contribution in [0.2, 0.25) is 0 Å². The van der Waals surface area contributed by atoms with Crippen molar-refractivity contribution in [2.24, 2.45) is 11.1 Å². The van der Waals surface area contributed by atoms with Crippen molar-refractivity contribution in [1.82, 2.24) is 4.98 Å². The van der Waals surface area contributed by atoms with E-state index in [1.54, 1.807) is 6.20 Å². The lowest BCUT2D eigenvalue weighted by molar-refractivity contribution is -0.118. The molecule has 0 radical (unpaired) electrons. The zero-order valence-corrected chi connectivity index (χ0v) is 11.0. The molecule has 3 N–H and O–H groups in total. The predicted octanol–water partition coefficient (Wildman–Crippen LogP) is 2.24. The van der Waals surface area contributed by atoms with Crippen molar-refractivity contribution in [1.29, 1.82) is 0 Å². The van der Waals surface area contributed by atoms with Crippen LogP contribution in [0.15, 0.2) is 36.5 Å². The predicted molar refractivity (Wildman–Crippen MR) is 78.8 cm³/mol. The van der Waals surface area contributed by atoms with Gasteiger partial charge >= 0.3 is 0 Å². The Morgan fingerprint density at radius 2 is 2.16 bits per heavy atom. The van der Waals surface area contributed by atoms with Crippen molar-refractivity contribution in [3.05, 3.63) is 36.5 Å². The highest BCUT2D eigenvalue weighted by molar-refractivity contribution is 7.80. The number of nitrogens with two attached hydrogens (primary N) is 1. The normalized spacial score (nSPS) is 16.0. The smallest absolute Gasteiger partial charge is 0.237 e. The second kappa shape index (κ2) is 4.28. The number of nitrogens with zero attached hydrogens (tertiary/aromatic N) is 1. The largest absolute Gasteiger partial charge is 0.392 e. The fourth-order valence-corrected chi connectivity index (χ4v) is 2.41. The molecular weight excluding hydrogens is 258 g/mol. The summed E-state index contributed by atoms with van der Waals surface area (Å²) in [4.78, 5) is 16.7. The average molecular weight is 271 g/mol. The van der Waals surface area contributed by atoms with Gasteiger partial charge in [-0.25, -0.2) is 0 Å². The van der Waals surface area contributed by atoms with Crippen molar-refractivity contribution in [3.63, 3.8) is 0 Å². The van der Waals surface area contributed by atoms with Crippen LogP contribution >= 0.6 is 12.2 Å². The van der Waals surface area contributed by atoms with Crippen LogP contribution in [0.1, 0.15) is 12.8 Å². The van der Waals surface area contributed by atoms with Gasteiger partial charge in [-0.15, -0.1) is 0 Å². The number of benzene rings is 1. The highest BCUT2D eigenvalue weighted by Gasteiger charge is 2.52. The second-order valence-corrected chi connectivity index (χ2v) is 5.25. The van der Waals surface area contributed by atoms with Crippen molar-refractivity contribution < 1.29 is 4.79 Å². The second-order valence-electron chi connectivity index (χ2n) is 4.81. The van der Waals surface area contributed by atoms with E-state index in [-0.39, 0.29) is 10.9 Å². The van der Waals surface area contributed by atoms with Gasteiger partial charge in [-0.05, 0) is 37.1 Å². The summed E-state index contributed by atoms with van der Waals surface area (Å²) in [5, 5.41) is 3.87. The molecule has 96 valence electrons. The van der Waals surface area contributed by atoms with Crippen molar-refractivity contribution in [2.75, 3.05) is 5.32 Å². The molecule has 5 heteroatoms. The molecule has 3 rings (SSSR count). The number of thiocarbonyl (C=S) groups is 1. The van der Waals surface area contributed by atoms with Gasteiger partial charge in [-0.3, -0.25) is 9.78 Å². The number of nitrogens with one attached hydrogen (secondary N) is 1. The first kappa shape index (κ1) is 12.0. The Hall–Kier alpha value is -2.01. The number of amides is 1. The first-order chi connectivity index (χ1) is 9.12. The number of hydrogen-bond acceptors (Lipinski definition) is 3. The molecule has 0 saturated heterocycles. The number of hydrogen-bond donors (Lipinski definition) is 2. The molecule has 1 saturated carbocycles. The van der Waals surface area contributed by atoms with Crippen LogP contribution in [0.3, 0.4) is 0 Å². The SMILES string of the molecule is NC(=S)C1(C(=O)Nc2ccc3ncccc3c2)CC1. The Labute approximate surface area is 116 Å². The van der Waals surface area contributed by atoms with Crippen LogP contribution < -0.4 is 11.1 Å². The standard InChI is InChI=1S/C14H13N3OS/c15-12(19)14(5-6-14)13(18)17-10-3-4-11-9(8-10)2-1-7-16-11/h1-4,7-8H,5-6H2,(H2,15,19)(H,17,18). The van der Waals surface area contributed by atoms with Crippen LogP contribution in [0.25, 0.3) is 10.9 Å². The fraction of sp³-hybridized carbons (Fsp3) is 0.214. The minimum atomic E-state index is -0.626. The molecule has 19 heavy (non-hydrogen) atoms. The van der Waals surface area contributed by atoms with E-state index in [0.29, 0.717) is 0 Å². The summed E-state index contributed by atoms with van der Waals surface area (Å²) in [7, 11) is 0. The molecule has 0 unspecified atom stereocenters. The Balaban J connectivity index is 1.86. The molecule has 0 bridgehead atoms. The Morgan fingerprint density at radius 1 is 1.37 bits per heavy atom. The molecule has 1 aromatic heterocycles. The van der Waals surface area contributed by atoms with Gasteiger partial charge in [-0.1, -0.05) is 18.3 Å². The van der Waals surface area contributed by atoms with Gasteiger partial charge in [0.25, 0.3) is 0 Å². The molecule has 0 atom stereocenters. The average Bonchev–Trinajstić information content (AvgIpc) is 3.20.